The van der Waals surface area contributed by atoms with Crippen molar-refractivity contribution in [2.24, 2.45) is 11.8 Å². The van der Waals surface area contributed by atoms with Gasteiger partial charge >= 0.3 is 22.2 Å². The van der Waals surface area contributed by atoms with E-state index in [0.717, 1.165) is 44.6 Å². The summed E-state index contributed by atoms with van der Waals surface area (Å²) in [7, 11) is -5.01. The molecule has 1 aromatic carbocycles. The van der Waals surface area contributed by atoms with E-state index in [-0.39, 0.29) is 31.3 Å². The Morgan fingerprint density at radius 2 is 1.81 bits per heavy atom. The molecule has 12 nitrogen and oxygen atoms in total. The first-order chi connectivity index (χ1) is 20.2. The number of carbonyl (C=O) groups is 4. The fourth-order valence-electron chi connectivity index (χ4n) is 5.62. The van der Waals surface area contributed by atoms with Crippen LogP contribution >= 0.6 is 11.6 Å². The Balaban J connectivity index is 1.79. The third-order valence-corrected chi connectivity index (χ3v) is 9.25. The standard InChI is InChI=1S/C29H42ClN3O9S/c1-18(34)42-27(43(38,39)40)24(15-20-12-13-31-25(20)35)32-26(36)23(14-19-8-5-4-6-9-19)33-28(37)41-17-29(2,3)21-10-7-11-22(30)16-21/h7,10-11,16,19-20,23-24,27H,4-6,8-9,12-15,17H2,1-3H3,(H,31,35)(H,32,36)(H,33,37)(H,38,39,40)/t20-,23-,24-,27+/m0/s1. The number of benzene rings is 1. The smallest absolute Gasteiger partial charge is 0.407 e. The molecular formula is C29H42ClN3O9S. The molecule has 1 aliphatic heterocycles. The van der Waals surface area contributed by atoms with Crippen LogP contribution in [-0.2, 0) is 39.4 Å². The van der Waals surface area contributed by atoms with E-state index in [1.807, 2.05) is 19.9 Å². The van der Waals surface area contributed by atoms with E-state index in [0.29, 0.717) is 18.0 Å². The van der Waals surface area contributed by atoms with Crippen molar-refractivity contribution in [1.29, 1.82) is 0 Å². The third-order valence-electron chi connectivity index (χ3n) is 8.01. The van der Waals surface area contributed by atoms with Crippen molar-refractivity contribution in [1.82, 2.24) is 16.0 Å². The van der Waals surface area contributed by atoms with Crippen molar-refractivity contribution in [2.75, 3.05) is 13.2 Å². The molecule has 0 spiro atoms. The average Bonchev–Trinajstić information content (AvgIpc) is 3.33. The van der Waals surface area contributed by atoms with Gasteiger partial charge in [0.1, 0.15) is 12.6 Å². The first-order valence-corrected chi connectivity index (χ1v) is 16.4. The average molecular weight is 644 g/mol. The number of ether oxygens (including phenoxy) is 2. The predicted molar refractivity (Wildman–Crippen MR) is 159 cm³/mol. The van der Waals surface area contributed by atoms with Crippen LogP contribution in [0.15, 0.2) is 24.3 Å². The zero-order valence-electron chi connectivity index (χ0n) is 24.8. The SMILES string of the molecule is CC(=O)O[C@@H]([C@H](C[C@@H]1CCNC1=O)NC(=O)[C@H](CC1CCCCC1)NC(=O)OCC(C)(C)c1cccc(Cl)c1)S(=O)(=O)O. The van der Waals surface area contributed by atoms with Crippen molar-refractivity contribution in [3.8, 4) is 0 Å². The van der Waals surface area contributed by atoms with Crippen LogP contribution in [0.25, 0.3) is 0 Å². The molecular weight excluding hydrogens is 602 g/mol. The van der Waals surface area contributed by atoms with Crippen LogP contribution in [0.1, 0.15) is 77.7 Å². The van der Waals surface area contributed by atoms with Crippen LogP contribution in [0.4, 0.5) is 4.79 Å². The predicted octanol–water partition coefficient (Wildman–Crippen LogP) is 3.47. The van der Waals surface area contributed by atoms with Crippen LogP contribution in [0, 0.1) is 11.8 Å². The zero-order chi connectivity index (χ0) is 31.8. The highest BCUT2D eigenvalue weighted by Gasteiger charge is 2.41. The van der Waals surface area contributed by atoms with Crippen LogP contribution in [0.5, 0.6) is 0 Å². The minimum atomic E-state index is -5.01. The highest BCUT2D eigenvalue weighted by molar-refractivity contribution is 7.86. The van der Waals surface area contributed by atoms with Crippen LogP contribution in [0.3, 0.4) is 0 Å². The van der Waals surface area contributed by atoms with Gasteiger partial charge in [-0.2, -0.15) is 8.42 Å². The maximum absolute atomic E-state index is 13.7. The number of nitrogens with one attached hydrogen (secondary N) is 3. The van der Waals surface area contributed by atoms with E-state index in [1.165, 1.54) is 0 Å². The van der Waals surface area contributed by atoms with Gasteiger partial charge in [0, 0.05) is 29.8 Å². The first kappa shape index (κ1) is 34.6. The number of carbonyl (C=O) groups excluding carboxylic acids is 4. The summed E-state index contributed by atoms with van der Waals surface area (Å²) < 4.78 is 44.8. The maximum atomic E-state index is 13.7. The van der Waals surface area contributed by atoms with Crippen molar-refractivity contribution in [3.63, 3.8) is 0 Å². The van der Waals surface area contributed by atoms with Gasteiger partial charge in [0.2, 0.25) is 17.3 Å². The van der Waals surface area contributed by atoms with Crippen molar-refractivity contribution >= 4 is 45.6 Å². The molecule has 2 aliphatic rings. The Kier molecular flexibility index (Phi) is 12.2. The number of hydrogen-bond donors (Lipinski definition) is 4. The molecule has 1 aliphatic carbocycles. The van der Waals surface area contributed by atoms with Crippen LogP contribution in [0.2, 0.25) is 5.02 Å². The number of rotatable bonds is 13. The molecule has 240 valence electrons. The summed E-state index contributed by atoms with van der Waals surface area (Å²) in [5.74, 6) is -2.66. The Bertz CT molecular complexity index is 1270. The lowest BCUT2D eigenvalue weighted by Gasteiger charge is -2.31. The van der Waals surface area contributed by atoms with E-state index in [1.54, 1.807) is 18.2 Å². The van der Waals surface area contributed by atoms with Gasteiger partial charge in [-0.25, -0.2) is 4.79 Å². The molecule has 0 unspecified atom stereocenters. The van der Waals surface area contributed by atoms with E-state index in [2.05, 4.69) is 16.0 Å². The Morgan fingerprint density at radius 1 is 1.12 bits per heavy atom. The number of alkyl carbamates (subject to hydrolysis) is 1. The Morgan fingerprint density at radius 3 is 2.40 bits per heavy atom. The van der Waals surface area contributed by atoms with Crippen LogP contribution < -0.4 is 16.0 Å². The lowest BCUT2D eigenvalue weighted by atomic mass is 9.84. The zero-order valence-corrected chi connectivity index (χ0v) is 26.3. The third kappa shape index (κ3) is 10.6. The van der Waals surface area contributed by atoms with E-state index >= 15 is 0 Å². The summed E-state index contributed by atoms with van der Waals surface area (Å²) in [6.45, 7) is 5.07. The summed E-state index contributed by atoms with van der Waals surface area (Å²) in [5, 5.41) is 8.36. The fourth-order valence-corrected chi connectivity index (χ4v) is 6.66. The number of esters is 1. The Hall–Kier alpha value is -2.90. The summed E-state index contributed by atoms with van der Waals surface area (Å²) in [6.07, 6.45) is 4.31. The Labute approximate surface area is 257 Å². The highest BCUT2D eigenvalue weighted by Crippen LogP contribution is 2.29. The monoisotopic (exact) mass is 643 g/mol. The molecule has 4 atom stereocenters. The van der Waals surface area contributed by atoms with Gasteiger partial charge in [-0.3, -0.25) is 18.9 Å². The summed E-state index contributed by atoms with van der Waals surface area (Å²) in [5.41, 5.74) is -1.89. The second kappa shape index (κ2) is 15.2. The summed E-state index contributed by atoms with van der Waals surface area (Å²) in [6, 6.07) is 4.60. The molecule has 2 fully saturated rings. The van der Waals surface area contributed by atoms with Crippen molar-refractivity contribution in [2.45, 2.75) is 95.1 Å². The normalized spacial score (nSPS) is 19.9. The summed E-state index contributed by atoms with van der Waals surface area (Å²) in [4.78, 5) is 50.7. The first-order valence-electron chi connectivity index (χ1n) is 14.6. The van der Waals surface area contributed by atoms with Crippen molar-refractivity contribution < 1.29 is 41.6 Å². The molecule has 14 heteroatoms. The molecule has 1 heterocycles. The largest absolute Gasteiger partial charge is 0.449 e. The molecule has 0 aromatic heterocycles. The lowest BCUT2D eigenvalue weighted by molar-refractivity contribution is -0.145. The molecule has 1 aromatic rings. The van der Waals surface area contributed by atoms with Gasteiger partial charge in [-0.05, 0) is 42.9 Å². The van der Waals surface area contributed by atoms with E-state index < -0.39 is 56.9 Å². The van der Waals surface area contributed by atoms with Gasteiger partial charge in [0.25, 0.3) is 0 Å². The molecule has 3 amide bonds. The quantitative estimate of drug-likeness (QED) is 0.185. The fraction of sp³-hybridized carbons (Fsp3) is 0.655. The number of amides is 3. The highest BCUT2D eigenvalue weighted by atomic mass is 35.5. The minimum absolute atomic E-state index is 0.0202. The summed E-state index contributed by atoms with van der Waals surface area (Å²) >= 11 is 6.12. The topological polar surface area (TPSA) is 177 Å². The number of halogens is 1. The second-order valence-electron chi connectivity index (χ2n) is 12.0. The van der Waals surface area contributed by atoms with Gasteiger partial charge < -0.3 is 25.4 Å². The molecule has 0 bridgehead atoms. The lowest BCUT2D eigenvalue weighted by Crippen LogP contribution is -2.56. The molecule has 4 N–H and O–H groups in total. The van der Waals surface area contributed by atoms with Gasteiger partial charge in [0.15, 0.2) is 0 Å². The molecule has 0 radical (unpaired) electrons. The molecule has 1 saturated carbocycles. The van der Waals surface area contributed by atoms with E-state index in [9.17, 15) is 32.1 Å². The van der Waals surface area contributed by atoms with Gasteiger partial charge in [0.05, 0.1) is 6.04 Å². The van der Waals surface area contributed by atoms with Gasteiger partial charge in [-0.15, -0.1) is 0 Å². The van der Waals surface area contributed by atoms with Crippen molar-refractivity contribution in [3.05, 3.63) is 34.9 Å². The van der Waals surface area contributed by atoms with Crippen LogP contribution in [-0.4, -0.2) is 67.5 Å². The van der Waals surface area contributed by atoms with Gasteiger partial charge in [-0.1, -0.05) is 69.7 Å². The molecule has 3 rings (SSSR count). The van der Waals surface area contributed by atoms with E-state index in [4.69, 9.17) is 21.1 Å². The molecule has 1 saturated heterocycles. The number of hydrogen-bond acceptors (Lipinski definition) is 8. The maximum Gasteiger partial charge on any atom is 0.407 e. The molecule has 43 heavy (non-hydrogen) atoms. The second-order valence-corrected chi connectivity index (χ2v) is 14.0. The minimum Gasteiger partial charge on any atom is -0.449 e.